The molecule has 1 aliphatic rings. The van der Waals surface area contributed by atoms with E-state index in [0.29, 0.717) is 17.3 Å². The first-order valence-electron chi connectivity index (χ1n) is 10.0. The van der Waals surface area contributed by atoms with E-state index in [1.807, 2.05) is 24.3 Å². The van der Waals surface area contributed by atoms with Crippen LogP contribution in [-0.2, 0) is 0 Å². The normalized spacial score (nSPS) is 16.2. The molecule has 1 amide bonds. The number of halogens is 1. The number of hydrogen-bond donors (Lipinski definition) is 0. The smallest absolute Gasteiger partial charge is 0.278 e. The van der Waals surface area contributed by atoms with Gasteiger partial charge in [0.15, 0.2) is 5.69 Å². The van der Waals surface area contributed by atoms with Crippen molar-refractivity contribution < 1.29 is 4.79 Å². The van der Waals surface area contributed by atoms with Crippen LogP contribution in [0.25, 0.3) is 15.9 Å². The number of carbonyl (C=O) groups excluding carboxylic acids is 1. The molecule has 1 atom stereocenters. The van der Waals surface area contributed by atoms with Gasteiger partial charge in [-0.05, 0) is 56.2 Å². The molecule has 0 radical (unpaired) electrons. The lowest BCUT2D eigenvalue weighted by molar-refractivity contribution is 0.0726. The monoisotopic (exact) mass is 450 g/mol. The van der Waals surface area contributed by atoms with E-state index < -0.39 is 0 Å². The van der Waals surface area contributed by atoms with Crippen LogP contribution in [-0.4, -0.2) is 32.1 Å². The van der Waals surface area contributed by atoms with Crippen molar-refractivity contribution >= 4 is 39.1 Å². The van der Waals surface area contributed by atoms with Gasteiger partial charge in [0.1, 0.15) is 5.01 Å². The maximum atomic E-state index is 13.4. The Morgan fingerprint density at radius 1 is 1.16 bits per heavy atom. The Hall–Kier alpha value is -3.03. The molecule has 0 aliphatic carbocycles. The summed E-state index contributed by atoms with van der Waals surface area (Å²) in [4.78, 5) is 32.6. The molecule has 1 saturated heterocycles. The van der Waals surface area contributed by atoms with Gasteiger partial charge in [-0.2, -0.15) is 5.10 Å². The van der Waals surface area contributed by atoms with E-state index in [9.17, 15) is 9.59 Å². The Morgan fingerprint density at radius 3 is 2.71 bits per heavy atom. The van der Waals surface area contributed by atoms with Crippen LogP contribution in [0.15, 0.2) is 59.4 Å². The number of amides is 1. The van der Waals surface area contributed by atoms with Crippen molar-refractivity contribution in [1.82, 2.24) is 19.7 Å². The summed E-state index contributed by atoms with van der Waals surface area (Å²) in [6.07, 6.45) is 1.69. The molecular weight excluding hydrogens is 432 g/mol. The second kappa shape index (κ2) is 7.90. The highest BCUT2D eigenvalue weighted by Crippen LogP contribution is 2.36. The minimum atomic E-state index is -0.373. The maximum Gasteiger partial charge on any atom is 0.278 e. The molecule has 2 aromatic heterocycles. The Labute approximate surface area is 187 Å². The third-order valence-corrected chi connectivity index (χ3v) is 6.88. The fourth-order valence-corrected chi connectivity index (χ4v) is 5.22. The highest BCUT2D eigenvalue weighted by Gasteiger charge is 2.34. The summed E-state index contributed by atoms with van der Waals surface area (Å²) in [6, 6.07) is 16.4. The van der Waals surface area contributed by atoms with E-state index in [0.717, 1.165) is 33.8 Å². The van der Waals surface area contributed by atoms with Crippen molar-refractivity contribution in [3.63, 3.8) is 0 Å². The first-order chi connectivity index (χ1) is 15.0. The minimum absolute atomic E-state index is 0.0754. The number of rotatable bonds is 3. The van der Waals surface area contributed by atoms with E-state index in [-0.39, 0.29) is 23.1 Å². The lowest BCUT2D eigenvalue weighted by Crippen LogP contribution is -2.36. The summed E-state index contributed by atoms with van der Waals surface area (Å²) in [5.74, 6) is -0.352. The summed E-state index contributed by atoms with van der Waals surface area (Å²) >= 11 is 7.59. The van der Waals surface area contributed by atoms with Crippen LogP contribution in [0.3, 0.4) is 0 Å². The van der Waals surface area contributed by atoms with Crippen LogP contribution in [0.1, 0.15) is 40.1 Å². The Balaban J connectivity index is 1.52. The van der Waals surface area contributed by atoms with Crippen molar-refractivity contribution in [2.24, 2.45) is 0 Å². The van der Waals surface area contributed by atoms with Gasteiger partial charge in [0.05, 0.1) is 21.9 Å². The van der Waals surface area contributed by atoms with Crippen molar-refractivity contribution in [2.45, 2.75) is 25.8 Å². The number of aromatic nitrogens is 3. The second-order valence-corrected chi connectivity index (χ2v) is 9.06. The van der Waals surface area contributed by atoms with Gasteiger partial charge in [0.25, 0.3) is 5.91 Å². The maximum absolute atomic E-state index is 13.4. The number of thiazole rings is 1. The number of benzene rings is 2. The fourth-order valence-electron chi connectivity index (χ4n) is 3.97. The predicted molar refractivity (Wildman–Crippen MR) is 122 cm³/mol. The SMILES string of the molecule is Cc1cc(=O)c(C(=O)N2CCCC2c2nc3ccccc3s2)nn1-c1ccc(Cl)cc1. The zero-order valence-corrected chi connectivity index (χ0v) is 18.4. The van der Waals surface area contributed by atoms with E-state index >= 15 is 0 Å². The van der Waals surface area contributed by atoms with Crippen LogP contribution >= 0.6 is 22.9 Å². The van der Waals surface area contributed by atoms with Crippen molar-refractivity contribution in [2.75, 3.05) is 6.54 Å². The van der Waals surface area contributed by atoms with Crippen LogP contribution in [0.4, 0.5) is 0 Å². The van der Waals surface area contributed by atoms with Crippen LogP contribution in [0.2, 0.25) is 5.02 Å². The van der Waals surface area contributed by atoms with Crippen LogP contribution in [0, 0.1) is 6.92 Å². The molecule has 0 saturated carbocycles. The Morgan fingerprint density at radius 2 is 1.94 bits per heavy atom. The molecule has 0 N–H and O–H groups in total. The van der Waals surface area contributed by atoms with E-state index in [1.54, 1.807) is 52.1 Å². The van der Waals surface area contributed by atoms with Gasteiger partial charge in [0.2, 0.25) is 5.43 Å². The minimum Gasteiger partial charge on any atom is -0.328 e. The number of carbonyl (C=O) groups is 1. The van der Waals surface area contributed by atoms with E-state index in [2.05, 4.69) is 5.10 Å². The van der Waals surface area contributed by atoms with Crippen molar-refractivity contribution in [3.05, 3.63) is 86.2 Å². The number of fused-ring (bicyclic) bond motifs is 1. The zero-order chi connectivity index (χ0) is 21.5. The van der Waals surface area contributed by atoms with Gasteiger partial charge in [-0.1, -0.05) is 23.7 Å². The first kappa shape index (κ1) is 19.9. The summed E-state index contributed by atoms with van der Waals surface area (Å²) in [5, 5.41) is 5.95. The molecule has 5 rings (SSSR count). The molecule has 0 spiro atoms. The number of hydrogen-bond acceptors (Lipinski definition) is 5. The molecule has 1 fully saturated rings. The average Bonchev–Trinajstić information content (AvgIpc) is 3.41. The molecule has 8 heteroatoms. The molecule has 4 aromatic rings. The third-order valence-electron chi connectivity index (χ3n) is 5.49. The molecule has 3 heterocycles. The van der Waals surface area contributed by atoms with Gasteiger partial charge in [-0.25, -0.2) is 9.67 Å². The predicted octanol–water partition coefficient (Wildman–Crippen LogP) is 4.78. The highest BCUT2D eigenvalue weighted by atomic mass is 35.5. The molecule has 31 heavy (non-hydrogen) atoms. The molecule has 6 nitrogen and oxygen atoms in total. The van der Waals surface area contributed by atoms with E-state index in [4.69, 9.17) is 16.6 Å². The summed E-state index contributed by atoms with van der Waals surface area (Å²) in [7, 11) is 0. The van der Waals surface area contributed by atoms with Crippen LogP contribution in [0.5, 0.6) is 0 Å². The highest BCUT2D eigenvalue weighted by molar-refractivity contribution is 7.18. The Kier molecular flexibility index (Phi) is 5.08. The van der Waals surface area contributed by atoms with E-state index in [1.165, 1.54) is 6.07 Å². The average molecular weight is 451 g/mol. The van der Waals surface area contributed by atoms with Crippen molar-refractivity contribution in [1.29, 1.82) is 0 Å². The Bertz CT molecular complexity index is 1310. The van der Waals surface area contributed by atoms with Gasteiger partial charge in [-0.3, -0.25) is 9.59 Å². The lowest BCUT2D eigenvalue weighted by atomic mass is 10.2. The molecule has 156 valence electrons. The second-order valence-electron chi connectivity index (χ2n) is 7.56. The fraction of sp³-hybridized carbons (Fsp3) is 0.217. The van der Waals surface area contributed by atoms with Crippen LogP contribution < -0.4 is 5.43 Å². The van der Waals surface area contributed by atoms with Gasteiger partial charge in [0, 0.05) is 23.3 Å². The van der Waals surface area contributed by atoms with Crippen molar-refractivity contribution in [3.8, 4) is 5.69 Å². The lowest BCUT2D eigenvalue weighted by Gasteiger charge is -2.23. The summed E-state index contributed by atoms with van der Waals surface area (Å²) < 4.78 is 2.70. The largest absolute Gasteiger partial charge is 0.328 e. The zero-order valence-electron chi connectivity index (χ0n) is 16.8. The number of para-hydroxylation sites is 1. The van der Waals surface area contributed by atoms with Gasteiger partial charge >= 0.3 is 0 Å². The number of likely N-dealkylation sites (tertiary alicyclic amines) is 1. The summed E-state index contributed by atoms with van der Waals surface area (Å²) in [5.41, 5.74) is 1.87. The van der Waals surface area contributed by atoms with Gasteiger partial charge in [-0.15, -0.1) is 11.3 Å². The first-order valence-corrected chi connectivity index (χ1v) is 11.2. The molecule has 2 aromatic carbocycles. The number of aryl methyl sites for hydroxylation is 1. The third kappa shape index (κ3) is 3.64. The summed E-state index contributed by atoms with van der Waals surface area (Å²) in [6.45, 7) is 2.37. The molecule has 0 bridgehead atoms. The van der Waals surface area contributed by atoms with Gasteiger partial charge < -0.3 is 4.90 Å². The topological polar surface area (TPSA) is 68.1 Å². The molecule has 1 unspecified atom stereocenters. The molecule has 1 aliphatic heterocycles. The quantitative estimate of drug-likeness (QED) is 0.450. The number of nitrogens with zero attached hydrogens (tertiary/aromatic N) is 4. The molecular formula is C23H19ClN4O2S. The standard InChI is InChI=1S/C23H19ClN4O2S/c1-14-13-19(29)21(26-28(14)16-10-8-15(24)9-11-16)23(30)27-12-4-6-18(27)22-25-17-5-2-3-7-20(17)31-22/h2-3,5,7-11,13,18H,4,6,12H2,1H3.